The second-order valence-corrected chi connectivity index (χ2v) is 15.5. The Bertz CT molecular complexity index is 1450. The number of aromatic nitrogens is 1. The van der Waals surface area contributed by atoms with Crippen LogP contribution < -0.4 is 4.90 Å². The van der Waals surface area contributed by atoms with Gasteiger partial charge < -0.3 is 9.64 Å². The van der Waals surface area contributed by atoms with Crippen molar-refractivity contribution in [3.63, 3.8) is 0 Å². The van der Waals surface area contributed by atoms with Crippen LogP contribution in [0.3, 0.4) is 0 Å². The Hall–Kier alpha value is -2.75. The summed E-state index contributed by atoms with van der Waals surface area (Å²) >= 11 is 4.99. The fourth-order valence-corrected chi connectivity index (χ4v) is 7.72. The summed E-state index contributed by atoms with van der Waals surface area (Å²) < 4.78 is 6.73. The number of carbonyl (C=O) groups excluding carboxylic acids is 2. The molecule has 9 heteroatoms. The van der Waals surface area contributed by atoms with E-state index < -0.39 is 5.60 Å². The predicted octanol–water partition coefficient (Wildman–Crippen LogP) is 8.21. The Kier molecular flexibility index (Phi) is 9.08. The van der Waals surface area contributed by atoms with Crippen LogP contribution >= 0.6 is 27.3 Å². The molecule has 43 heavy (non-hydrogen) atoms. The molecule has 0 spiro atoms. The van der Waals surface area contributed by atoms with Gasteiger partial charge in [0, 0.05) is 33.4 Å². The highest BCUT2D eigenvalue weighted by atomic mass is 79.9. The van der Waals surface area contributed by atoms with Crippen LogP contribution in [0.15, 0.2) is 52.3 Å². The lowest BCUT2D eigenvalue weighted by molar-refractivity contribution is -0.120. The molecular weight excluding hydrogens is 624 g/mol. The van der Waals surface area contributed by atoms with Crippen LogP contribution in [0.4, 0.5) is 15.6 Å². The van der Waals surface area contributed by atoms with Crippen molar-refractivity contribution >= 4 is 50.1 Å². The van der Waals surface area contributed by atoms with Crippen molar-refractivity contribution in [2.24, 2.45) is 11.3 Å². The highest BCUT2D eigenvalue weighted by molar-refractivity contribution is 9.10. The zero-order chi connectivity index (χ0) is 31.1. The van der Waals surface area contributed by atoms with Crippen LogP contribution in [0.25, 0.3) is 11.3 Å². The van der Waals surface area contributed by atoms with Crippen molar-refractivity contribution < 1.29 is 14.3 Å². The van der Waals surface area contributed by atoms with Crippen LogP contribution in [-0.4, -0.2) is 64.6 Å². The Morgan fingerprint density at radius 2 is 1.70 bits per heavy atom. The molecule has 5 rings (SSSR count). The second kappa shape index (κ2) is 12.3. The van der Waals surface area contributed by atoms with Crippen LogP contribution in [0, 0.1) is 25.2 Å². The van der Waals surface area contributed by atoms with Crippen molar-refractivity contribution in [1.29, 1.82) is 0 Å². The van der Waals surface area contributed by atoms with Gasteiger partial charge in [-0.3, -0.25) is 14.6 Å². The van der Waals surface area contributed by atoms with Gasteiger partial charge in [-0.1, -0.05) is 48.0 Å². The summed E-state index contributed by atoms with van der Waals surface area (Å²) in [7, 11) is 0. The summed E-state index contributed by atoms with van der Waals surface area (Å²) in [5, 5.41) is 2.69. The van der Waals surface area contributed by atoms with Crippen LogP contribution in [0.5, 0.6) is 0 Å². The molecule has 2 aromatic carbocycles. The number of rotatable bonds is 6. The number of hydrogen-bond donors (Lipinski definition) is 0. The maximum Gasteiger partial charge on any atom is 0.410 e. The van der Waals surface area contributed by atoms with E-state index in [0.717, 1.165) is 58.5 Å². The first-order chi connectivity index (χ1) is 20.2. The maximum absolute atomic E-state index is 14.1. The van der Waals surface area contributed by atoms with Gasteiger partial charge in [0.1, 0.15) is 5.60 Å². The molecule has 2 amide bonds. The molecule has 3 heterocycles. The highest BCUT2D eigenvalue weighted by Crippen LogP contribution is 2.45. The second-order valence-electron chi connectivity index (χ2n) is 13.8. The molecule has 2 fully saturated rings. The number of halogens is 1. The van der Waals surface area contributed by atoms with Gasteiger partial charge in [0.25, 0.3) is 0 Å². The van der Waals surface area contributed by atoms with Crippen LogP contribution in [-0.2, 0) is 9.53 Å². The third-order valence-corrected chi connectivity index (χ3v) is 9.67. The number of ether oxygens (including phenoxy) is 1. The lowest BCUT2D eigenvalue weighted by Crippen LogP contribution is -2.68. The number of anilines is 2. The van der Waals surface area contributed by atoms with E-state index >= 15 is 0 Å². The fraction of sp³-hybridized carbons (Fsp3) is 0.500. The Morgan fingerprint density at radius 3 is 2.28 bits per heavy atom. The molecule has 0 bridgehead atoms. The molecule has 0 aliphatic carbocycles. The third kappa shape index (κ3) is 7.32. The SMILES string of the molecule is Cc1cc(C)cc(N(C(=O)CN2CCC(C3N(C(=O)OC(C)(C)C)CC3(C)C)CC2)c2nc(-c3ccc(Br)cc3)cs2)c1. The minimum absolute atomic E-state index is 0.0134. The van der Waals surface area contributed by atoms with Crippen molar-refractivity contribution in [1.82, 2.24) is 14.8 Å². The molecule has 3 aromatic rings. The maximum atomic E-state index is 14.1. The number of nitrogens with zero attached hydrogens (tertiary/aromatic N) is 4. The van der Waals surface area contributed by atoms with Gasteiger partial charge in [-0.15, -0.1) is 11.3 Å². The first-order valence-electron chi connectivity index (χ1n) is 15.0. The number of benzene rings is 2. The first-order valence-corrected chi connectivity index (χ1v) is 16.7. The van der Waals surface area contributed by atoms with E-state index in [0.29, 0.717) is 24.1 Å². The summed E-state index contributed by atoms with van der Waals surface area (Å²) in [4.78, 5) is 37.9. The third-order valence-electron chi connectivity index (χ3n) is 8.32. The molecule has 1 atom stereocenters. The highest BCUT2D eigenvalue weighted by Gasteiger charge is 2.53. The molecule has 230 valence electrons. The van der Waals surface area contributed by atoms with Crippen molar-refractivity contribution in [3.8, 4) is 11.3 Å². The van der Waals surface area contributed by atoms with Gasteiger partial charge in [-0.2, -0.15) is 0 Å². The lowest BCUT2D eigenvalue weighted by Gasteiger charge is -2.58. The predicted molar refractivity (Wildman–Crippen MR) is 178 cm³/mol. The Labute approximate surface area is 268 Å². The van der Waals surface area contributed by atoms with Gasteiger partial charge in [-0.25, -0.2) is 9.78 Å². The number of hydrogen-bond acceptors (Lipinski definition) is 6. The van der Waals surface area contributed by atoms with E-state index in [1.54, 1.807) is 4.90 Å². The van der Waals surface area contributed by atoms with E-state index in [4.69, 9.17) is 9.72 Å². The van der Waals surface area contributed by atoms with Crippen molar-refractivity contribution in [2.75, 3.05) is 31.1 Å². The number of aryl methyl sites for hydroxylation is 2. The molecule has 1 unspecified atom stereocenters. The van der Waals surface area contributed by atoms with Gasteiger partial charge >= 0.3 is 6.09 Å². The topological polar surface area (TPSA) is 66.0 Å². The van der Waals surface area contributed by atoms with Gasteiger partial charge in [0.2, 0.25) is 5.91 Å². The van der Waals surface area contributed by atoms with E-state index in [2.05, 4.69) is 66.7 Å². The molecule has 2 aliphatic rings. The minimum Gasteiger partial charge on any atom is -0.444 e. The largest absolute Gasteiger partial charge is 0.444 e. The van der Waals surface area contributed by atoms with E-state index in [1.807, 2.05) is 55.3 Å². The summed E-state index contributed by atoms with van der Waals surface area (Å²) in [6.07, 6.45) is 1.66. The van der Waals surface area contributed by atoms with E-state index in [9.17, 15) is 9.59 Å². The average molecular weight is 668 g/mol. The van der Waals surface area contributed by atoms with Crippen LogP contribution in [0.2, 0.25) is 0 Å². The summed E-state index contributed by atoms with van der Waals surface area (Å²) in [6.45, 7) is 17.0. The number of likely N-dealkylation sites (tertiary alicyclic amines) is 2. The van der Waals surface area contributed by atoms with E-state index in [-0.39, 0.29) is 23.5 Å². The zero-order valence-electron chi connectivity index (χ0n) is 26.3. The minimum atomic E-state index is -0.511. The number of amides is 2. The lowest BCUT2D eigenvalue weighted by atomic mass is 9.67. The number of thiazole rings is 1. The monoisotopic (exact) mass is 666 g/mol. The van der Waals surface area contributed by atoms with Gasteiger partial charge in [-0.05, 0) is 102 Å². The quantitative estimate of drug-likeness (QED) is 0.265. The number of piperidine rings is 1. The van der Waals surface area contributed by atoms with Crippen LogP contribution in [0.1, 0.15) is 58.6 Å². The number of carbonyl (C=O) groups is 2. The Morgan fingerprint density at radius 1 is 1.07 bits per heavy atom. The zero-order valence-corrected chi connectivity index (χ0v) is 28.7. The van der Waals surface area contributed by atoms with Gasteiger partial charge in [0.05, 0.1) is 17.9 Å². The molecule has 2 saturated heterocycles. The summed E-state index contributed by atoms with van der Waals surface area (Å²) in [5.74, 6) is 0.394. The molecule has 0 radical (unpaired) electrons. The van der Waals surface area contributed by atoms with E-state index in [1.165, 1.54) is 11.3 Å². The first kappa shape index (κ1) is 31.7. The Balaban J connectivity index is 1.30. The fourth-order valence-electron chi connectivity index (χ4n) is 6.58. The normalized spacial score (nSPS) is 19.2. The molecule has 7 nitrogen and oxygen atoms in total. The van der Waals surface area contributed by atoms with Crippen molar-refractivity contribution in [3.05, 3.63) is 63.4 Å². The molecule has 2 aliphatic heterocycles. The summed E-state index contributed by atoms with van der Waals surface area (Å²) in [5.41, 5.74) is 4.47. The summed E-state index contributed by atoms with van der Waals surface area (Å²) in [6, 6.07) is 14.5. The smallest absolute Gasteiger partial charge is 0.410 e. The average Bonchev–Trinajstić information content (AvgIpc) is 3.37. The van der Waals surface area contributed by atoms with Gasteiger partial charge in [0.15, 0.2) is 5.13 Å². The molecular formula is C34H43BrN4O3S. The molecule has 0 N–H and O–H groups in total. The van der Waals surface area contributed by atoms with Crippen molar-refractivity contribution in [2.45, 2.75) is 73.0 Å². The standard InChI is InChI=1S/C34H43BrN4O3S/c1-22-16-23(2)18-27(17-22)39(31-36-28(20-43-31)24-8-10-26(35)11-9-24)29(40)19-37-14-12-25(13-15-37)30-34(6,7)21-38(30)32(41)42-33(3,4)5/h8-11,16-18,20,25,30H,12-15,19,21H2,1-7H3. The molecule has 0 saturated carbocycles. The molecule has 1 aromatic heterocycles.